The Morgan fingerprint density at radius 1 is 1.38 bits per heavy atom. The smallest absolute Gasteiger partial charge is 0.160 e. The van der Waals surface area contributed by atoms with E-state index in [1.54, 1.807) is 6.07 Å². The minimum absolute atomic E-state index is 0.360. The number of piperazine rings is 1. The monoisotopic (exact) mass is 226 g/mol. The highest BCUT2D eigenvalue weighted by Crippen LogP contribution is 2.22. The zero-order chi connectivity index (χ0) is 11.5. The van der Waals surface area contributed by atoms with Crippen LogP contribution in [0.3, 0.4) is 0 Å². The van der Waals surface area contributed by atoms with Crippen molar-refractivity contribution in [1.82, 2.24) is 5.32 Å². The minimum Gasteiger partial charge on any atom is -0.366 e. The first-order valence-electron chi connectivity index (χ1n) is 5.64. The molecular formula is C12H16F2N2. The predicted molar refractivity (Wildman–Crippen MR) is 60.7 cm³/mol. The number of hydrogen-bond acceptors (Lipinski definition) is 2. The Labute approximate surface area is 94.3 Å². The summed E-state index contributed by atoms with van der Waals surface area (Å²) in [6.45, 7) is 4.72. The van der Waals surface area contributed by atoms with Crippen LogP contribution in [0.25, 0.3) is 0 Å². The molecule has 0 aromatic heterocycles. The van der Waals surface area contributed by atoms with Gasteiger partial charge in [-0.25, -0.2) is 8.78 Å². The number of nitrogens with zero attached hydrogens (tertiary/aromatic N) is 1. The molecule has 1 fully saturated rings. The van der Waals surface area contributed by atoms with E-state index < -0.39 is 11.6 Å². The quantitative estimate of drug-likeness (QED) is 0.831. The Bertz CT molecular complexity index is 368. The van der Waals surface area contributed by atoms with Crippen molar-refractivity contribution in [2.75, 3.05) is 24.5 Å². The third kappa shape index (κ3) is 2.16. The van der Waals surface area contributed by atoms with E-state index >= 15 is 0 Å². The molecule has 0 bridgehead atoms. The fraction of sp³-hybridized carbons (Fsp3) is 0.500. The van der Waals surface area contributed by atoms with Crippen LogP contribution in [0.1, 0.15) is 13.3 Å². The molecule has 2 nitrogen and oxygen atoms in total. The van der Waals surface area contributed by atoms with E-state index in [1.807, 2.05) is 0 Å². The fourth-order valence-electron chi connectivity index (χ4n) is 2.13. The molecule has 2 rings (SSSR count). The van der Waals surface area contributed by atoms with Crippen molar-refractivity contribution in [2.24, 2.45) is 0 Å². The number of hydrogen-bond donors (Lipinski definition) is 1. The van der Waals surface area contributed by atoms with Crippen LogP contribution in [-0.4, -0.2) is 25.7 Å². The number of benzene rings is 1. The Morgan fingerprint density at radius 2 is 2.19 bits per heavy atom. The van der Waals surface area contributed by atoms with Crippen LogP contribution in [0.4, 0.5) is 14.5 Å². The Balaban J connectivity index is 2.23. The molecule has 1 saturated heterocycles. The van der Waals surface area contributed by atoms with Crippen molar-refractivity contribution >= 4 is 5.69 Å². The first-order chi connectivity index (χ1) is 7.72. The summed E-state index contributed by atoms with van der Waals surface area (Å²) in [5.41, 5.74) is 0.771. The number of anilines is 1. The van der Waals surface area contributed by atoms with Crippen LogP contribution >= 0.6 is 0 Å². The van der Waals surface area contributed by atoms with Gasteiger partial charge in [-0.2, -0.15) is 0 Å². The molecule has 0 spiro atoms. The van der Waals surface area contributed by atoms with Gasteiger partial charge < -0.3 is 10.2 Å². The van der Waals surface area contributed by atoms with Crippen molar-refractivity contribution in [1.29, 1.82) is 0 Å². The van der Waals surface area contributed by atoms with E-state index in [-0.39, 0.29) is 0 Å². The number of rotatable bonds is 2. The van der Waals surface area contributed by atoms with Crippen molar-refractivity contribution in [3.05, 3.63) is 29.8 Å². The summed E-state index contributed by atoms with van der Waals surface area (Å²) < 4.78 is 26.0. The topological polar surface area (TPSA) is 15.3 Å². The highest BCUT2D eigenvalue weighted by atomic mass is 19.2. The second-order valence-electron chi connectivity index (χ2n) is 4.06. The summed E-state index contributed by atoms with van der Waals surface area (Å²) in [7, 11) is 0. The predicted octanol–water partition coefficient (Wildman–Crippen LogP) is 2.15. The van der Waals surface area contributed by atoms with Gasteiger partial charge in [-0.15, -0.1) is 0 Å². The number of halogens is 2. The van der Waals surface area contributed by atoms with Gasteiger partial charge in [0.25, 0.3) is 0 Å². The molecule has 0 amide bonds. The van der Waals surface area contributed by atoms with E-state index in [0.29, 0.717) is 6.04 Å². The van der Waals surface area contributed by atoms with Gasteiger partial charge in [0.1, 0.15) is 0 Å². The molecule has 1 aliphatic rings. The first kappa shape index (κ1) is 11.3. The van der Waals surface area contributed by atoms with Crippen LogP contribution in [-0.2, 0) is 0 Å². The van der Waals surface area contributed by atoms with Crippen molar-refractivity contribution in [3.63, 3.8) is 0 Å². The van der Waals surface area contributed by atoms with Crippen molar-refractivity contribution in [2.45, 2.75) is 19.4 Å². The lowest BCUT2D eigenvalue weighted by Crippen LogP contribution is -2.51. The van der Waals surface area contributed by atoms with Gasteiger partial charge in [0.05, 0.1) is 0 Å². The molecular weight excluding hydrogens is 210 g/mol. The zero-order valence-corrected chi connectivity index (χ0v) is 9.34. The van der Waals surface area contributed by atoms with Gasteiger partial charge in [-0.05, 0) is 18.6 Å². The van der Waals surface area contributed by atoms with Crippen LogP contribution in [0.5, 0.6) is 0 Å². The third-order valence-electron chi connectivity index (χ3n) is 3.06. The standard InChI is InChI=1S/C12H16F2N2/c1-2-9-8-15-5-6-16(9)10-3-4-11(13)12(14)7-10/h3-4,7,9,15H,2,5-6,8H2,1H3. The van der Waals surface area contributed by atoms with Crippen LogP contribution in [0.15, 0.2) is 18.2 Å². The average molecular weight is 226 g/mol. The molecule has 1 heterocycles. The second kappa shape index (κ2) is 4.78. The van der Waals surface area contributed by atoms with Crippen molar-refractivity contribution in [3.8, 4) is 0 Å². The lowest BCUT2D eigenvalue weighted by molar-refractivity contribution is 0.463. The minimum atomic E-state index is -0.785. The molecule has 1 atom stereocenters. The molecule has 1 aliphatic heterocycles. The van der Waals surface area contributed by atoms with E-state index in [1.165, 1.54) is 12.1 Å². The molecule has 0 aliphatic carbocycles. The van der Waals surface area contributed by atoms with Gasteiger partial charge >= 0.3 is 0 Å². The van der Waals surface area contributed by atoms with E-state index in [4.69, 9.17) is 0 Å². The maximum absolute atomic E-state index is 13.1. The zero-order valence-electron chi connectivity index (χ0n) is 9.34. The van der Waals surface area contributed by atoms with Gasteiger partial charge in [0.2, 0.25) is 0 Å². The normalized spacial score (nSPS) is 21.2. The summed E-state index contributed by atoms with van der Waals surface area (Å²) in [5, 5.41) is 3.30. The summed E-state index contributed by atoms with van der Waals surface area (Å²) in [4.78, 5) is 2.14. The van der Waals surface area contributed by atoms with Crippen LogP contribution in [0.2, 0.25) is 0 Å². The highest BCUT2D eigenvalue weighted by molar-refractivity contribution is 5.48. The Kier molecular flexibility index (Phi) is 3.39. The number of nitrogens with one attached hydrogen (secondary N) is 1. The van der Waals surface area contributed by atoms with Gasteiger partial charge in [-0.3, -0.25) is 0 Å². The lowest BCUT2D eigenvalue weighted by atomic mass is 10.1. The van der Waals surface area contributed by atoms with Gasteiger partial charge in [0.15, 0.2) is 11.6 Å². The SMILES string of the molecule is CCC1CNCCN1c1ccc(F)c(F)c1. The molecule has 0 radical (unpaired) electrons. The van der Waals surface area contributed by atoms with E-state index in [9.17, 15) is 8.78 Å². The summed E-state index contributed by atoms with van der Waals surface area (Å²) in [6, 6.07) is 4.48. The summed E-state index contributed by atoms with van der Waals surface area (Å²) >= 11 is 0. The van der Waals surface area contributed by atoms with E-state index in [0.717, 1.165) is 31.7 Å². The largest absolute Gasteiger partial charge is 0.366 e. The molecule has 0 saturated carbocycles. The average Bonchev–Trinajstić information content (AvgIpc) is 2.32. The highest BCUT2D eigenvalue weighted by Gasteiger charge is 2.21. The summed E-state index contributed by atoms with van der Waals surface area (Å²) in [6.07, 6.45) is 0.992. The lowest BCUT2D eigenvalue weighted by Gasteiger charge is -2.37. The van der Waals surface area contributed by atoms with Gasteiger partial charge in [-0.1, -0.05) is 6.92 Å². The van der Waals surface area contributed by atoms with Crippen molar-refractivity contribution < 1.29 is 8.78 Å². The molecule has 1 aromatic rings. The Morgan fingerprint density at radius 3 is 2.88 bits per heavy atom. The molecule has 16 heavy (non-hydrogen) atoms. The maximum atomic E-state index is 13.1. The Hall–Kier alpha value is -1.16. The fourth-order valence-corrected chi connectivity index (χ4v) is 2.13. The molecule has 4 heteroatoms. The summed E-state index contributed by atoms with van der Waals surface area (Å²) in [5.74, 6) is -1.56. The van der Waals surface area contributed by atoms with Gasteiger partial charge in [0, 0.05) is 37.4 Å². The molecule has 1 unspecified atom stereocenters. The molecule has 1 aromatic carbocycles. The van der Waals surface area contributed by atoms with Crippen LogP contribution in [0, 0.1) is 11.6 Å². The molecule has 88 valence electrons. The third-order valence-corrected chi connectivity index (χ3v) is 3.06. The molecule has 1 N–H and O–H groups in total. The maximum Gasteiger partial charge on any atom is 0.160 e. The van der Waals surface area contributed by atoms with E-state index in [2.05, 4.69) is 17.1 Å². The second-order valence-corrected chi connectivity index (χ2v) is 4.06. The first-order valence-corrected chi connectivity index (χ1v) is 5.64. The van der Waals surface area contributed by atoms with Crippen LogP contribution < -0.4 is 10.2 Å².